The number of piperidine rings is 1. The summed E-state index contributed by atoms with van der Waals surface area (Å²) in [6, 6.07) is 16.9. The Kier molecular flexibility index (Phi) is 6.80. The molecule has 202 valence electrons. The van der Waals surface area contributed by atoms with Gasteiger partial charge < -0.3 is 25.2 Å². The molecule has 2 bridgehead atoms. The zero-order chi connectivity index (χ0) is 26.9. The number of methoxy groups -OCH3 is 1. The van der Waals surface area contributed by atoms with Crippen LogP contribution in [-0.4, -0.2) is 66.7 Å². The van der Waals surface area contributed by atoms with Gasteiger partial charge in [-0.2, -0.15) is 0 Å². The van der Waals surface area contributed by atoms with Crippen molar-refractivity contribution in [1.29, 1.82) is 0 Å². The molecule has 2 N–H and O–H groups in total. The van der Waals surface area contributed by atoms with Gasteiger partial charge >= 0.3 is 0 Å². The van der Waals surface area contributed by atoms with Crippen molar-refractivity contribution < 1.29 is 14.4 Å². The number of hydrogen-bond acceptors (Lipinski definition) is 9. The fraction of sp³-hybridized carbons (Fsp3) is 0.345. The lowest BCUT2D eigenvalue weighted by molar-refractivity contribution is -0.111. The number of ether oxygens (including phenoxy) is 1. The second-order valence-electron chi connectivity index (χ2n) is 10.2. The van der Waals surface area contributed by atoms with E-state index in [2.05, 4.69) is 56.2 Å². The highest BCUT2D eigenvalue weighted by Crippen LogP contribution is 2.45. The number of anilines is 5. The summed E-state index contributed by atoms with van der Waals surface area (Å²) in [4.78, 5) is 32.0. The molecule has 1 aromatic heterocycles. The van der Waals surface area contributed by atoms with Crippen molar-refractivity contribution in [3.63, 3.8) is 0 Å². The second kappa shape index (κ2) is 10.5. The molecule has 0 aliphatic carbocycles. The summed E-state index contributed by atoms with van der Waals surface area (Å²) < 4.78 is 5.80. The third kappa shape index (κ3) is 4.88. The van der Waals surface area contributed by atoms with E-state index in [0.717, 1.165) is 31.6 Å². The van der Waals surface area contributed by atoms with Gasteiger partial charge in [0.15, 0.2) is 5.82 Å². The van der Waals surface area contributed by atoms with Crippen molar-refractivity contribution >= 4 is 34.6 Å². The van der Waals surface area contributed by atoms with E-state index < -0.39 is 0 Å². The number of benzene rings is 2. The molecule has 2 unspecified atom stereocenters. The highest BCUT2D eigenvalue weighted by atomic mass is 16.7. The maximum atomic E-state index is 12.4. The van der Waals surface area contributed by atoms with E-state index in [9.17, 15) is 4.79 Å². The topological polar surface area (TPSA) is 95.1 Å². The standard InChI is InChI=1S/C29H33N7O3/c1-4-29(37)33-22-13-23(26(38-3)14-25(22)35-20-12-21(35)17-34(2)16-20)32-27-15-28(31-18-30-27)36-24(10-11-39-36)19-8-6-5-7-9-19/h4-9,13-15,18,20-21,24H,1,10-12,16-17H2,2-3H3,(H,33,37)(H,30,31,32)/t20?,21?,24-/m1/s1. The number of nitrogens with one attached hydrogen (secondary N) is 2. The van der Waals surface area contributed by atoms with E-state index in [0.29, 0.717) is 47.5 Å². The number of likely N-dealkylation sites (N-methyl/N-ethyl adjacent to an activating group) is 1. The van der Waals surface area contributed by atoms with Crippen LogP contribution in [0.15, 0.2) is 67.5 Å². The van der Waals surface area contributed by atoms with E-state index >= 15 is 0 Å². The number of carbonyl (C=O) groups excluding carboxylic acids is 1. The summed E-state index contributed by atoms with van der Waals surface area (Å²) in [5, 5.41) is 8.21. The SMILES string of the molecule is C=CC(=O)Nc1cc(Nc2cc(N3OCC[C@@H]3c3ccccc3)ncn2)c(OC)cc1N1C2CC1CN(C)C2. The molecule has 0 radical (unpaired) electrons. The van der Waals surface area contributed by atoms with Gasteiger partial charge in [0.05, 0.1) is 36.8 Å². The Hall–Kier alpha value is -4.15. The van der Waals surface area contributed by atoms with Crippen LogP contribution >= 0.6 is 0 Å². The summed E-state index contributed by atoms with van der Waals surface area (Å²) in [5.74, 6) is 1.63. The van der Waals surface area contributed by atoms with Crippen molar-refractivity contribution in [1.82, 2.24) is 14.9 Å². The zero-order valence-corrected chi connectivity index (χ0v) is 22.2. The molecular weight excluding hydrogens is 494 g/mol. The molecule has 3 aliphatic heterocycles. The Balaban J connectivity index is 1.30. The minimum Gasteiger partial charge on any atom is -0.494 e. The molecule has 39 heavy (non-hydrogen) atoms. The van der Waals surface area contributed by atoms with Gasteiger partial charge in [0.25, 0.3) is 0 Å². The van der Waals surface area contributed by atoms with Crippen molar-refractivity contribution in [3.05, 3.63) is 73.1 Å². The Labute approximate surface area is 228 Å². The first-order valence-electron chi connectivity index (χ1n) is 13.2. The number of carbonyl (C=O) groups is 1. The molecule has 3 fully saturated rings. The van der Waals surface area contributed by atoms with Crippen LogP contribution in [0, 0.1) is 0 Å². The number of rotatable bonds is 8. The van der Waals surface area contributed by atoms with Crippen LogP contribution < -0.4 is 25.3 Å². The van der Waals surface area contributed by atoms with Crippen molar-refractivity contribution in [2.45, 2.75) is 31.0 Å². The fourth-order valence-electron chi connectivity index (χ4n) is 5.89. The predicted octanol–water partition coefficient (Wildman–Crippen LogP) is 4.13. The highest BCUT2D eigenvalue weighted by molar-refractivity contribution is 6.02. The summed E-state index contributed by atoms with van der Waals surface area (Å²) in [7, 11) is 3.79. The van der Waals surface area contributed by atoms with Crippen molar-refractivity contribution in [2.24, 2.45) is 0 Å². The van der Waals surface area contributed by atoms with Crippen LogP contribution in [0.25, 0.3) is 0 Å². The van der Waals surface area contributed by atoms with Gasteiger partial charge in [-0.25, -0.2) is 15.0 Å². The van der Waals surface area contributed by atoms with Crippen LogP contribution in [0.3, 0.4) is 0 Å². The molecule has 4 heterocycles. The molecule has 10 heteroatoms. The number of nitrogens with zero attached hydrogens (tertiary/aromatic N) is 5. The number of amides is 1. The number of piperazine rings is 1. The summed E-state index contributed by atoms with van der Waals surface area (Å²) in [6.45, 7) is 6.21. The molecular formula is C29H33N7O3. The first-order chi connectivity index (χ1) is 19.0. The van der Waals surface area contributed by atoms with Gasteiger partial charge in [-0.05, 0) is 31.2 Å². The van der Waals surface area contributed by atoms with Gasteiger partial charge in [0, 0.05) is 43.7 Å². The number of aromatic nitrogens is 2. The Bertz CT molecular complexity index is 1360. The zero-order valence-electron chi connectivity index (χ0n) is 22.2. The smallest absolute Gasteiger partial charge is 0.247 e. The predicted molar refractivity (Wildman–Crippen MR) is 152 cm³/mol. The van der Waals surface area contributed by atoms with Crippen LogP contribution in [0.2, 0.25) is 0 Å². The average Bonchev–Trinajstić information content (AvgIpc) is 3.45. The molecule has 1 amide bonds. The number of hydroxylamine groups is 1. The monoisotopic (exact) mass is 527 g/mol. The van der Waals surface area contributed by atoms with Crippen LogP contribution in [0.5, 0.6) is 5.75 Å². The van der Waals surface area contributed by atoms with Crippen molar-refractivity contribution in [3.8, 4) is 5.75 Å². The minimum atomic E-state index is -0.266. The van der Waals surface area contributed by atoms with Crippen molar-refractivity contribution in [2.75, 3.05) is 54.5 Å². The quantitative estimate of drug-likeness (QED) is 0.419. The van der Waals surface area contributed by atoms with Crippen LogP contribution in [0.1, 0.15) is 24.4 Å². The largest absolute Gasteiger partial charge is 0.494 e. The van der Waals surface area contributed by atoms with Crippen LogP contribution in [0.4, 0.5) is 28.7 Å². The highest BCUT2D eigenvalue weighted by Gasteiger charge is 2.44. The lowest BCUT2D eigenvalue weighted by Crippen LogP contribution is -2.68. The summed E-state index contributed by atoms with van der Waals surface area (Å²) in [6.07, 6.45) is 4.81. The molecule has 3 saturated heterocycles. The molecule has 6 rings (SSSR count). The van der Waals surface area contributed by atoms with E-state index in [1.165, 1.54) is 18.0 Å². The summed E-state index contributed by atoms with van der Waals surface area (Å²) >= 11 is 0. The van der Waals surface area contributed by atoms with Gasteiger partial charge in [-0.15, -0.1) is 0 Å². The van der Waals surface area contributed by atoms with E-state index in [4.69, 9.17) is 9.57 Å². The lowest BCUT2D eigenvalue weighted by atomic mass is 9.86. The van der Waals surface area contributed by atoms with Gasteiger partial charge in [-0.1, -0.05) is 36.9 Å². The van der Waals surface area contributed by atoms with Crippen LogP contribution in [-0.2, 0) is 9.63 Å². The third-order valence-corrected chi connectivity index (χ3v) is 7.65. The Morgan fingerprint density at radius 2 is 1.92 bits per heavy atom. The maximum absolute atomic E-state index is 12.4. The van der Waals surface area contributed by atoms with E-state index in [-0.39, 0.29) is 11.9 Å². The fourth-order valence-corrected chi connectivity index (χ4v) is 5.89. The average molecular weight is 528 g/mol. The Morgan fingerprint density at radius 1 is 1.13 bits per heavy atom. The molecule has 0 spiro atoms. The Morgan fingerprint density at radius 3 is 2.67 bits per heavy atom. The van der Waals surface area contributed by atoms with Gasteiger partial charge in [0.1, 0.15) is 17.9 Å². The molecule has 3 aromatic rings. The summed E-state index contributed by atoms with van der Waals surface area (Å²) in [5.41, 5.74) is 3.49. The molecule has 0 saturated carbocycles. The number of hydrogen-bond donors (Lipinski definition) is 2. The number of fused-ring (bicyclic) bond motifs is 2. The first kappa shape index (κ1) is 25.1. The van der Waals surface area contributed by atoms with Gasteiger partial charge in [-0.3, -0.25) is 9.63 Å². The molecule has 2 aromatic carbocycles. The first-order valence-corrected chi connectivity index (χ1v) is 13.2. The maximum Gasteiger partial charge on any atom is 0.247 e. The molecule has 3 aliphatic rings. The minimum absolute atomic E-state index is 0.0681. The second-order valence-corrected chi connectivity index (χ2v) is 10.2. The molecule has 3 atom stereocenters. The lowest BCUT2D eigenvalue weighted by Gasteiger charge is -2.57. The number of likely N-dealkylation sites (tertiary alicyclic amines) is 1. The van der Waals surface area contributed by atoms with E-state index in [1.807, 2.05) is 41.5 Å². The molecule has 10 nitrogen and oxygen atoms in total. The third-order valence-electron chi connectivity index (χ3n) is 7.65. The van der Waals surface area contributed by atoms with E-state index in [1.54, 1.807) is 7.11 Å². The normalized spacial score (nSPS) is 22.3. The van der Waals surface area contributed by atoms with Gasteiger partial charge in [0.2, 0.25) is 5.91 Å².